The van der Waals surface area contributed by atoms with Crippen molar-refractivity contribution in [3.8, 4) is 0 Å². The SMILES string of the molecule is FCc1ncc(F)c(F)c1F. The van der Waals surface area contributed by atoms with E-state index in [1.54, 1.807) is 0 Å². The van der Waals surface area contributed by atoms with Crippen LogP contribution in [0.5, 0.6) is 0 Å². The van der Waals surface area contributed by atoms with Gasteiger partial charge in [0.15, 0.2) is 17.5 Å². The third-order valence-electron chi connectivity index (χ3n) is 1.12. The van der Waals surface area contributed by atoms with Gasteiger partial charge in [0.2, 0.25) is 0 Å². The Bertz CT molecular complexity index is 274. The van der Waals surface area contributed by atoms with E-state index >= 15 is 0 Å². The van der Waals surface area contributed by atoms with Crippen LogP contribution in [0.4, 0.5) is 17.6 Å². The number of rotatable bonds is 1. The van der Waals surface area contributed by atoms with Crippen molar-refractivity contribution in [2.45, 2.75) is 6.67 Å². The molecule has 0 aromatic carbocycles. The van der Waals surface area contributed by atoms with Crippen LogP contribution < -0.4 is 0 Å². The van der Waals surface area contributed by atoms with Crippen molar-refractivity contribution in [2.75, 3.05) is 0 Å². The van der Waals surface area contributed by atoms with Crippen molar-refractivity contribution in [1.29, 1.82) is 0 Å². The summed E-state index contributed by atoms with van der Waals surface area (Å²) in [5.41, 5.74) is -0.719. The summed E-state index contributed by atoms with van der Waals surface area (Å²) in [7, 11) is 0. The molecule has 0 fully saturated rings. The standard InChI is InChI=1S/C6H3F4N/c7-1-4-6(10)5(9)3(8)2-11-4/h2H,1H2. The molecule has 0 bridgehead atoms. The van der Waals surface area contributed by atoms with Crippen LogP contribution in [0.15, 0.2) is 6.20 Å². The van der Waals surface area contributed by atoms with Gasteiger partial charge in [-0.25, -0.2) is 17.6 Å². The fraction of sp³-hybridized carbons (Fsp3) is 0.167. The van der Waals surface area contributed by atoms with Gasteiger partial charge in [-0.3, -0.25) is 4.98 Å². The van der Waals surface area contributed by atoms with E-state index in [9.17, 15) is 17.6 Å². The number of halogens is 4. The van der Waals surface area contributed by atoms with Crippen LogP contribution in [0, 0.1) is 17.5 Å². The van der Waals surface area contributed by atoms with Crippen LogP contribution in [0.2, 0.25) is 0 Å². The van der Waals surface area contributed by atoms with E-state index in [1.807, 2.05) is 0 Å². The maximum Gasteiger partial charge on any atom is 0.198 e. The molecule has 11 heavy (non-hydrogen) atoms. The summed E-state index contributed by atoms with van der Waals surface area (Å²) in [5, 5.41) is 0. The van der Waals surface area contributed by atoms with Crippen LogP contribution in [0.3, 0.4) is 0 Å². The van der Waals surface area contributed by atoms with Crippen LogP contribution in [0.25, 0.3) is 0 Å². The van der Waals surface area contributed by atoms with Crippen LogP contribution in [0.1, 0.15) is 5.69 Å². The molecule has 1 nitrogen and oxygen atoms in total. The number of aromatic nitrogens is 1. The third kappa shape index (κ3) is 1.31. The third-order valence-corrected chi connectivity index (χ3v) is 1.12. The number of alkyl halides is 1. The number of hydrogen-bond donors (Lipinski definition) is 0. The summed E-state index contributed by atoms with van der Waals surface area (Å²) in [6.45, 7) is -1.25. The van der Waals surface area contributed by atoms with Crippen molar-refractivity contribution >= 4 is 0 Å². The van der Waals surface area contributed by atoms with Gasteiger partial charge in [0.25, 0.3) is 0 Å². The van der Waals surface area contributed by atoms with Crippen LogP contribution in [-0.4, -0.2) is 4.98 Å². The van der Waals surface area contributed by atoms with Crippen LogP contribution in [-0.2, 0) is 6.67 Å². The van der Waals surface area contributed by atoms with Gasteiger partial charge in [-0.1, -0.05) is 0 Å². The highest BCUT2D eigenvalue weighted by Crippen LogP contribution is 2.12. The van der Waals surface area contributed by atoms with Gasteiger partial charge in [0.1, 0.15) is 12.4 Å². The Balaban J connectivity index is 3.25. The van der Waals surface area contributed by atoms with E-state index in [4.69, 9.17) is 0 Å². The first-order valence-electron chi connectivity index (χ1n) is 2.71. The normalized spacial score (nSPS) is 10.2. The molecule has 0 saturated carbocycles. The lowest BCUT2D eigenvalue weighted by Crippen LogP contribution is -1.99. The quantitative estimate of drug-likeness (QED) is 0.579. The summed E-state index contributed by atoms with van der Waals surface area (Å²) in [4.78, 5) is 2.99. The van der Waals surface area contributed by atoms with Crippen molar-refractivity contribution < 1.29 is 17.6 Å². The molecule has 0 saturated heterocycles. The smallest absolute Gasteiger partial charge is 0.198 e. The zero-order valence-electron chi connectivity index (χ0n) is 5.24. The van der Waals surface area contributed by atoms with Crippen molar-refractivity contribution in [3.05, 3.63) is 29.3 Å². The molecule has 0 radical (unpaired) electrons. The van der Waals surface area contributed by atoms with Gasteiger partial charge < -0.3 is 0 Å². The Morgan fingerprint density at radius 3 is 2.36 bits per heavy atom. The van der Waals surface area contributed by atoms with Gasteiger partial charge in [-0.05, 0) is 0 Å². The van der Waals surface area contributed by atoms with E-state index in [-0.39, 0.29) is 0 Å². The molecule has 0 aliphatic carbocycles. The largest absolute Gasteiger partial charge is 0.252 e. The molecule has 0 aliphatic heterocycles. The second kappa shape index (κ2) is 2.86. The predicted octanol–water partition coefficient (Wildman–Crippen LogP) is 1.97. The highest BCUT2D eigenvalue weighted by Gasteiger charge is 2.13. The molecule has 1 heterocycles. The molecule has 0 spiro atoms. The Morgan fingerprint density at radius 1 is 1.18 bits per heavy atom. The summed E-state index contributed by atoms with van der Waals surface area (Å²) >= 11 is 0. The first kappa shape index (κ1) is 7.97. The Labute approximate surface area is 59.7 Å². The van der Waals surface area contributed by atoms with Crippen molar-refractivity contribution in [1.82, 2.24) is 4.98 Å². The van der Waals surface area contributed by atoms with Crippen LogP contribution >= 0.6 is 0 Å². The second-order valence-electron chi connectivity index (χ2n) is 1.81. The topological polar surface area (TPSA) is 12.9 Å². The predicted molar refractivity (Wildman–Crippen MR) is 28.9 cm³/mol. The summed E-state index contributed by atoms with van der Waals surface area (Å²) in [6.07, 6.45) is 0.438. The summed E-state index contributed by atoms with van der Waals surface area (Å²) in [5.74, 6) is -4.67. The minimum Gasteiger partial charge on any atom is -0.252 e. The molecule has 0 N–H and O–H groups in total. The molecule has 1 rings (SSSR count). The van der Waals surface area contributed by atoms with Crippen molar-refractivity contribution in [2.24, 2.45) is 0 Å². The van der Waals surface area contributed by atoms with E-state index in [2.05, 4.69) is 4.98 Å². The molecule has 5 heteroatoms. The molecule has 0 atom stereocenters. The number of pyridine rings is 1. The lowest BCUT2D eigenvalue weighted by molar-refractivity contribution is 0.402. The number of nitrogens with zero attached hydrogens (tertiary/aromatic N) is 1. The minimum absolute atomic E-state index is 0.438. The average Bonchev–Trinajstić information content (AvgIpc) is 2.01. The minimum atomic E-state index is -1.69. The zero-order chi connectivity index (χ0) is 8.43. The molecule has 1 aromatic rings. The summed E-state index contributed by atoms with van der Waals surface area (Å²) in [6, 6.07) is 0. The molecule has 0 unspecified atom stereocenters. The zero-order valence-corrected chi connectivity index (χ0v) is 5.24. The van der Waals surface area contributed by atoms with Gasteiger partial charge in [0, 0.05) is 0 Å². The van der Waals surface area contributed by atoms with Gasteiger partial charge in [-0.2, -0.15) is 0 Å². The lowest BCUT2D eigenvalue weighted by atomic mass is 10.3. The van der Waals surface area contributed by atoms with Gasteiger partial charge >= 0.3 is 0 Å². The monoisotopic (exact) mass is 165 g/mol. The fourth-order valence-corrected chi connectivity index (χ4v) is 0.573. The van der Waals surface area contributed by atoms with Crippen molar-refractivity contribution in [3.63, 3.8) is 0 Å². The molecule has 1 aromatic heterocycles. The maximum absolute atomic E-state index is 12.3. The Hall–Kier alpha value is -1.13. The Kier molecular flexibility index (Phi) is 2.07. The highest BCUT2D eigenvalue weighted by atomic mass is 19.2. The van der Waals surface area contributed by atoms with E-state index in [0.717, 1.165) is 0 Å². The van der Waals surface area contributed by atoms with E-state index in [0.29, 0.717) is 6.20 Å². The first-order chi connectivity index (χ1) is 5.16. The molecular weight excluding hydrogens is 162 g/mol. The molecule has 0 aliphatic rings. The fourth-order valence-electron chi connectivity index (χ4n) is 0.573. The number of hydrogen-bond acceptors (Lipinski definition) is 1. The second-order valence-corrected chi connectivity index (χ2v) is 1.81. The van der Waals surface area contributed by atoms with Gasteiger partial charge in [-0.15, -0.1) is 0 Å². The van der Waals surface area contributed by atoms with E-state index < -0.39 is 29.8 Å². The molecule has 60 valence electrons. The van der Waals surface area contributed by atoms with E-state index in [1.165, 1.54) is 0 Å². The maximum atomic E-state index is 12.3. The Morgan fingerprint density at radius 2 is 1.82 bits per heavy atom. The average molecular weight is 165 g/mol. The first-order valence-corrected chi connectivity index (χ1v) is 2.71. The van der Waals surface area contributed by atoms with Gasteiger partial charge in [0.05, 0.1) is 6.20 Å². The summed E-state index contributed by atoms with van der Waals surface area (Å²) < 4.78 is 48.4. The highest BCUT2D eigenvalue weighted by molar-refractivity contribution is 5.09. The molecular formula is C6H3F4N. The lowest BCUT2D eigenvalue weighted by Gasteiger charge is -1.97. The molecule has 0 amide bonds.